The van der Waals surface area contributed by atoms with Gasteiger partial charge in [-0.25, -0.2) is 0 Å². The first-order chi connectivity index (χ1) is 11.7. The van der Waals surface area contributed by atoms with E-state index in [0.29, 0.717) is 22.2 Å². The molecule has 6 nitrogen and oxygen atoms in total. The highest BCUT2D eigenvalue weighted by molar-refractivity contribution is 7.08. The van der Waals surface area contributed by atoms with E-state index in [4.69, 9.17) is 25.6 Å². The van der Waals surface area contributed by atoms with Gasteiger partial charge in [-0.15, -0.1) is 0 Å². The van der Waals surface area contributed by atoms with Crippen molar-refractivity contribution in [2.75, 3.05) is 7.11 Å². The minimum atomic E-state index is -0.439. The first-order valence-electron chi connectivity index (χ1n) is 6.99. The number of hydrogen-bond donors (Lipinski definition) is 0. The van der Waals surface area contributed by atoms with Crippen molar-refractivity contribution in [1.82, 2.24) is 10.1 Å². The Labute approximate surface area is 147 Å². The predicted molar refractivity (Wildman–Crippen MR) is 89.1 cm³/mol. The van der Waals surface area contributed by atoms with Gasteiger partial charge in [0.1, 0.15) is 5.75 Å². The first-order valence-corrected chi connectivity index (χ1v) is 8.31. The van der Waals surface area contributed by atoms with E-state index in [1.54, 1.807) is 18.2 Å². The number of methoxy groups -OCH3 is 1. The number of nitrogens with zero attached hydrogens (tertiary/aromatic N) is 2. The third-order valence-corrected chi connectivity index (χ3v) is 4.10. The van der Waals surface area contributed by atoms with Crippen LogP contribution in [0.5, 0.6) is 5.75 Å². The van der Waals surface area contributed by atoms with E-state index >= 15 is 0 Å². The maximum absolute atomic E-state index is 12.0. The predicted octanol–water partition coefficient (Wildman–Crippen LogP) is 3.75. The largest absolute Gasteiger partial charge is 0.496 e. The SMILES string of the molecule is COc1ccc(Cl)cc1CC(=O)OCc1nc(-c2ccsc2)no1. The molecule has 0 fully saturated rings. The fraction of sp³-hybridized carbons (Fsp3) is 0.188. The molecule has 2 aromatic heterocycles. The second-order valence-electron chi connectivity index (χ2n) is 4.82. The van der Waals surface area contributed by atoms with Crippen LogP contribution in [0.2, 0.25) is 5.02 Å². The molecule has 0 aliphatic rings. The minimum absolute atomic E-state index is 0.0370. The smallest absolute Gasteiger partial charge is 0.310 e. The van der Waals surface area contributed by atoms with Crippen molar-refractivity contribution in [2.24, 2.45) is 0 Å². The quantitative estimate of drug-likeness (QED) is 0.620. The van der Waals surface area contributed by atoms with Crippen LogP contribution in [0, 0.1) is 0 Å². The molecule has 0 radical (unpaired) electrons. The summed E-state index contributed by atoms with van der Waals surface area (Å²) in [5.74, 6) is 0.848. The van der Waals surface area contributed by atoms with Gasteiger partial charge in [0.05, 0.1) is 13.5 Å². The van der Waals surface area contributed by atoms with Gasteiger partial charge in [-0.3, -0.25) is 4.79 Å². The molecule has 0 atom stereocenters. The van der Waals surface area contributed by atoms with Crippen LogP contribution in [0.3, 0.4) is 0 Å². The summed E-state index contributed by atoms with van der Waals surface area (Å²) in [7, 11) is 1.53. The van der Waals surface area contributed by atoms with Gasteiger partial charge in [0.15, 0.2) is 6.61 Å². The summed E-state index contributed by atoms with van der Waals surface area (Å²) in [5, 5.41) is 8.20. The lowest BCUT2D eigenvalue weighted by Crippen LogP contribution is -2.09. The molecule has 0 N–H and O–H groups in total. The molecule has 0 saturated heterocycles. The zero-order chi connectivity index (χ0) is 16.9. The highest BCUT2D eigenvalue weighted by Gasteiger charge is 2.14. The Morgan fingerprint density at radius 2 is 2.25 bits per heavy atom. The number of aromatic nitrogens is 2. The molecule has 0 unspecified atom stereocenters. The van der Waals surface area contributed by atoms with Gasteiger partial charge in [0, 0.05) is 21.5 Å². The van der Waals surface area contributed by atoms with Gasteiger partial charge in [-0.1, -0.05) is 16.8 Å². The molecule has 0 aliphatic heterocycles. The molecule has 2 heterocycles. The molecule has 0 spiro atoms. The number of esters is 1. The average Bonchev–Trinajstić information content (AvgIpc) is 3.24. The number of ether oxygens (including phenoxy) is 2. The van der Waals surface area contributed by atoms with Crippen LogP contribution < -0.4 is 4.74 Å². The molecule has 0 aliphatic carbocycles. The van der Waals surface area contributed by atoms with Gasteiger partial charge < -0.3 is 14.0 Å². The first kappa shape index (κ1) is 16.5. The second-order valence-corrected chi connectivity index (χ2v) is 6.03. The summed E-state index contributed by atoms with van der Waals surface area (Å²) in [5.41, 5.74) is 1.52. The number of rotatable bonds is 6. The summed E-state index contributed by atoms with van der Waals surface area (Å²) in [6.45, 7) is -0.0845. The zero-order valence-corrected chi connectivity index (χ0v) is 14.3. The maximum Gasteiger partial charge on any atom is 0.310 e. The number of carbonyl (C=O) groups is 1. The topological polar surface area (TPSA) is 74.5 Å². The van der Waals surface area contributed by atoms with E-state index in [9.17, 15) is 4.79 Å². The second kappa shape index (κ2) is 7.46. The van der Waals surface area contributed by atoms with Crippen molar-refractivity contribution >= 4 is 28.9 Å². The molecular formula is C16H13ClN2O4S. The Hall–Kier alpha value is -2.38. The number of benzene rings is 1. The van der Waals surface area contributed by atoms with Crippen molar-refractivity contribution in [2.45, 2.75) is 13.0 Å². The lowest BCUT2D eigenvalue weighted by Gasteiger charge is -2.08. The normalized spacial score (nSPS) is 10.6. The third kappa shape index (κ3) is 3.93. The lowest BCUT2D eigenvalue weighted by molar-refractivity contribution is -0.144. The fourth-order valence-electron chi connectivity index (χ4n) is 2.06. The van der Waals surface area contributed by atoms with E-state index in [0.717, 1.165) is 5.56 Å². The van der Waals surface area contributed by atoms with Crippen LogP contribution in [0.25, 0.3) is 11.4 Å². The standard InChI is InChI=1S/C16H13ClN2O4S/c1-21-13-3-2-12(17)6-11(13)7-15(20)22-8-14-18-16(19-23-14)10-4-5-24-9-10/h2-6,9H,7-8H2,1H3. The third-order valence-electron chi connectivity index (χ3n) is 3.18. The number of halogens is 1. The van der Waals surface area contributed by atoms with E-state index in [1.807, 2.05) is 16.8 Å². The Bertz CT molecular complexity index is 832. The number of thiophene rings is 1. The molecular weight excluding hydrogens is 352 g/mol. The number of hydrogen-bond acceptors (Lipinski definition) is 7. The van der Waals surface area contributed by atoms with Crippen LogP contribution in [-0.2, 0) is 22.6 Å². The van der Waals surface area contributed by atoms with E-state index in [2.05, 4.69) is 10.1 Å². The molecule has 8 heteroatoms. The zero-order valence-electron chi connectivity index (χ0n) is 12.7. The monoisotopic (exact) mass is 364 g/mol. The van der Waals surface area contributed by atoms with Crippen molar-refractivity contribution < 1.29 is 18.8 Å². The van der Waals surface area contributed by atoms with Gasteiger partial charge in [-0.05, 0) is 29.6 Å². The highest BCUT2D eigenvalue weighted by Crippen LogP contribution is 2.23. The molecule has 3 rings (SSSR count). The molecule has 0 bridgehead atoms. The fourth-order valence-corrected chi connectivity index (χ4v) is 2.89. The molecule has 1 aromatic carbocycles. The Morgan fingerprint density at radius 3 is 3.00 bits per heavy atom. The summed E-state index contributed by atoms with van der Waals surface area (Å²) < 4.78 is 15.4. The number of carbonyl (C=O) groups excluding carboxylic acids is 1. The molecule has 3 aromatic rings. The summed E-state index contributed by atoms with van der Waals surface area (Å²) >= 11 is 7.48. The van der Waals surface area contributed by atoms with Crippen LogP contribution in [0.15, 0.2) is 39.5 Å². The van der Waals surface area contributed by atoms with Crippen molar-refractivity contribution in [1.29, 1.82) is 0 Å². The van der Waals surface area contributed by atoms with Gasteiger partial charge in [0.25, 0.3) is 5.89 Å². The summed E-state index contributed by atoms with van der Waals surface area (Å²) in [6.07, 6.45) is 0.0370. The van der Waals surface area contributed by atoms with Gasteiger partial charge >= 0.3 is 5.97 Å². The van der Waals surface area contributed by atoms with Gasteiger partial charge in [-0.2, -0.15) is 16.3 Å². The Kier molecular flexibility index (Phi) is 5.12. The van der Waals surface area contributed by atoms with E-state index < -0.39 is 5.97 Å². The van der Waals surface area contributed by atoms with Gasteiger partial charge in [0.2, 0.25) is 5.82 Å². The molecule has 0 amide bonds. The van der Waals surface area contributed by atoms with Crippen LogP contribution in [0.1, 0.15) is 11.5 Å². The van der Waals surface area contributed by atoms with Crippen molar-refractivity contribution in [3.63, 3.8) is 0 Å². The molecule has 0 saturated carbocycles. The maximum atomic E-state index is 12.0. The Morgan fingerprint density at radius 1 is 1.38 bits per heavy atom. The highest BCUT2D eigenvalue weighted by atomic mass is 35.5. The van der Waals surface area contributed by atoms with Crippen molar-refractivity contribution in [3.8, 4) is 17.1 Å². The summed E-state index contributed by atoms with van der Waals surface area (Å²) in [6, 6.07) is 6.95. The van der Waals surface area contributed by atoms with Crippen molar-refractivity contribution in [3.05, 3.63) is 51.5 Å². The van der Waals surface area contributed by atoms with E-state index in [1.165, 1.54) is 18.4 Å². The summed E-state index contributed by atoms with van der Waals surface area (Å²) in [4.78, 5) is 16.2. The Balaban J connectivity index is 1.59. The van der Waals surface area contributed by atoms with Crippen LogP contribution in [0.4, 0.5) is 0 Å². The molecule has 124 valence electrons. The lowest BCUT2D eigenvalue weighted by atomic mass is 10.1. The molecule has 24 heavy (non-hydrogen) atoms. The van der Waals surface area contributed by atoms with Crippen LogP contribution >= 0.6 is 22.9 Å². The van der Waals surface area contributed by atoms with E-state index in [-0.39, 0.29) is 18.9 Å². The van der Waals surface area contributed by atoms with Crippen LogP contribution in [-0.4, -0.2) is 23.2 Å². The minimum Gasteiger partial charge on any atom is -0.496 e. The average molecular weight is 365 g/mol.